The van der Waals surface area contributed by atoms with Crippen molar-refractivity contribution in [3.05, 3.63) is 0 Å². The number of carboxylic acid groups (broad SMARTS) is 1. The summed E-state index contributed by atoms with van der Waals surface area (Å²) in [6.07, 6.45) is 3.44. The SMILES string of the molecule is CCC1(CC)CC(NC(=O)NCC(C)(C)C(=O)O)CCO1. The van der Waals surface area contributed by atoms with Crippen molar-refractivity contribution in [2.24, 2.45) is 5.41 Å². The van der Waals surface area contributed by atoms with Crippen LogP contribution in [0.5, 0.6) is 0 Å². The van der Waals surface area contributed by atoms with Gasteiger partial charge in [-0.25, -0.2) is 4.79 Å². The van der Waals surface area contributed by atoms with Crippen LogP contribution in [0.25, 0.3) is 0 Å². The Morgan fingerprint density at radius 3 is 2.48 bits per heavy atom. The Morgan fingerprint density at radius 1 is 1.33 bits per heavy atom. The zero-order valence-corrected chi connectivity index (χ0v) is 13.5. The molecular formula is C15H28N2O4. The third-order valence-corrected chi connectivity index (χ3v) is 4.39. The van der Waals surface area contributed by atoms with Gasteiger partial charge in [0.25, 0.3) is 0 Å². The fraction of sp³-hybridized carbons (Fsp3) is 0.867. The van der Waals surface area contributed by atoms with Crippen molar-refractivity contribution in [3.8, 4) is 0 Å². The topological polar surface area (TPSA) is 87.7 Å². The smallest absolute Gasteiger partial charge is 0.315 e. The van der Waals surface area contributed by atoms with Crippen molar-refractivity contribution in [1.29, 1.82) is 0 Å². The molecule has 3 N–H and O–H groups in total. The van der Waals surface area contributed by atoms with Crippen LogP contribution in [0.3, 0.4) is 0 Å². The summed E-state index contributed by atoms with van der Waals surface area (Å²) in [6.45, 7) is 8.12. The number of hydrogen-bond donors (Lipinski definition) is 3. The summed E-state index contributed by atoms with van der Waals surface area (Å²) >= 11 is 0. The Bertz CT molecular complexity index is 378. The van der Waals surface area contributed by atoms with E-state index in [1.54, 1.807) is 13.8 Å². The van der Waals surface area contributed by atoms with Gasteiger partial charge in [-0.2, -0.15) is 0 Å². The number of rotatable bonds is 6. The molecule has 0 saturated carbocycles. The number of urea groups is 1. The summed E-state index contributed by atoms with van der Waals surface area (Å²) in [4.78, 5) is 22.9. The van der Waals surface area contributed by atoms with Gasteiger partial charge in [-0.1, -0.05) is 13.8 Å². The molecule has 0 spiro atoms. The van der Waals surface area contributed by atoms with E-state index in [1.807, 2.05) is 0 Å². The molecule has 0 aromatic rings. The van der Waals surface area contributed by atoms with Gasteiger partial charge in [0.15, 0.2) is 0 Å². The molecule has 1 saturated heterocycles. The average Bonchev–Trinajstić information content (AvgIpc) is 2.45. The Hall–Kier alpha value is -1.30. The molecule has 1 rings (SSSR count). The van der Waals surface area contributed by atoms with E-state index in [9.17, 15) is 9.59 Å². The number of ether oxygens (including phenoxy) is 1. The highest BCUT2D eigenvalue weighted by molar-refractivity contribution is 5.77. The van der Waals surface area contributed by atoms with Crippen molar-refractivity contribution in [3.63, 3.8) is 0 Å². The van der Waals surface area contributed by atoms with Gasteiger partial charge in [0, 0.05) is 19.2 Å². The fourth-order valence-corrected chi connectivity index (χ4v) is 2.51. The molecule has 0 aliphatic carbocycles. The quantitative estimate of drug-likeness (QED) is 0.701. The summed E-state index contributed by atoms with van der Waals surface area (Å²) in [5.74, 6) is -0.926. The monoisotopic (exact) mass is 300 g/mol. The third-order valence-electron chi connectivity index (χ3n) is 4.39. The predicted molar refractivity (Wildman–Crippen MR) is 80.2 cm³/mol. The standard InChI is InChI=1S/C15H28N2O4/c1-5-15(6-2)9-11(7-8-21-15)17-13(20)16-10-14(3,4)12(18)19/h11H,5-10H2,1-4H3,(H,18,19)(H2,16,17,20). The van der Waals surface area contributed by atoms with Crippen LogP contribution in [0.2, 0.25) is 0 Å². The first-order chi connectivity index (χ1) is 9.74. The maximum atomic E-state index is 11.9. The number of hydrogen-bond acceptors (Lipinski definition) is 3. The molecule has 21 heavy (non-hydrogen) atoms. The molecule has 1 atom stereocenters. The van der Waals surface area contributed by atoms with Gasteiger partial charge >= 0.3 is 12.0 Å². The fourth-order valence-electron chi connectivity index (χ4n) is 2.51. The third kappa shape index (κ3) is 4.88. The van der Waals surface area contributed by atoms with Crippen molar-refractivity contribution < 1.29 is 19.4 Å². The highest BCUT2D eigenvalue weighted by atomic mass is 16.5. The van der Waals surface area contributed by atoms with Crippen LogP contribution >= 0.6 is 0 Å². The molecule has 2 amide bonds. The summed E-state index contributed by atoms with van der Waals surface area (Å²) in [7, 11) is 0. The number of aliphatic carboxylic acids is 1. The normalized spacial score (nSPS) is 21.6. The molecule has 1 unspecified atom stereocenters. The van der Waals surface area contributed by atoms with E-state index < -0.39 is 11.4 Å². The molecular weight excluding hydrogens is 272 g/mol. The molecule has 0 bridgehead atoms. The number of carbonyl (C=O) groups excluding carboxylic acids is 1. The van der Waals surface area contributed by atoms with Gasteiger partial charge < -0.3 is 20.5 Å². The maximum absolute atomic E-state index is 11.9. The van der Waals surface area contributed by atoms with Crippen LogP contribution in [-0.2, 0) is 9.53 Å². The van der Waals surface area contributed by atoms with Crippen LogP contribution in [0.1, 0.15) is 53.4 Å². The summed E-state index contributed by atoms with van der Waals surface area (Å²) < 4.78 is 5.87. The van der Waals surface area contributed by atoms with Gasteiger partial charge in [0.2, 0.25) is 0 Å². The lowest BCUT2D eigenvalue weighted by atomic mass is 9.86. The zero-order valence-electron chi connectivity index (χ0n) is 13.5. The Balaban J connectivity index is 2.46. The molecule has 6 nitrogen and oxygen atoms in total. The molecule has 1 aliphatic heterocycles. The largest absolute Gasteiger partial charge is 0.481 e. The minimum Gasteiger partial charge on any atom is -0.481 e. The van der Waals surface area contributed by atoms with Crippen molar-refractivity contribution in [2.45, 2.75) is 65.0 Å². The zero-order chi connectivity index (χ0) is 16.1. The average molecular weight is 300 g/mol. The number of carboxylic acids is 1. The second kappa shape index (κ2) is 7.11. The maximum Gasteiger partial charge on any atom is 0.315 e. The summed E-state index contributed by atoms with van der Waals surface area (Å²) in [5.41, 5.74) is -1.11. The molecule has 0 aromatic heterocycles. The predicted octanol–water partition coefficient (Wildman–Crippen LogP) is 2.13. The van der Waals surface area contributed by atoms with Crippen LogP contribution in [0, 0.1) is 5.41 Å². The van der Waals surface area contributed by atoms with E-state index >= 15 is 0 Å². The minimum atomic E-state index is -0.969. The van der Waals surface area contributed by atoms with Crippen LogP contribution < -0.4 is 10.6 Å². The first-order valence-electron chi connectivity index (χ1n) is 7.66. The molecule has 0 aromatic carbocycles. The summed E-state index contributed by atoms with van der Waals surface area (Å²) in [6, 6.07) is -0.232. The molecule has 0 radical (unpaired) electrons. The molecule has 1 heterocycles. The van der Waals surface area contributed by atoms with E-state index in [4.69, 9.17) is 9.84 Å². The van der Waals surface area contributed by atoms with Crippen molar-refractivity contribution >= 4 is 12.0 Å². The van der Waals surface area contributed by atoms with Crippen LogP contribution in [0.15, 0.2) is 0 Å². The van der Waals surface area contributed by atoms with E-state index in [0.717, 1.165) is 25.7 Å². The second-order valence-corrected chi connectivity index (χ2v) is 6.44. The minimum absolute atomic E-state index is 0.0755. The lowest BCUT2D eigenvalue weighted by Gasteiger charge is -2.40. The molecule has 1 fully saturated rings. The van der Waals surface area contributed by atoms with Crippen molar-refractivity contribution in [2.75, 3.05) is 13.2 Å². The van der Waals surface area contributed by atoms with E-state index in [-0.39, 0.29) is 24.2 Å². The molecule has 122 valence electrons. The lowest BCUT2D eigenvalue weighted by molar-refractivity contribution is -0.146. The Kier molecular flexibility index (Phi) is 6.01. The number of amides is 2. The first-order valence-corrected chi connectivity index (χ1v) is 7.66. The lowest BCUT2D eigenvalue weighted by Crippen LogP contribution is -2.52. The van der Waals surface area contributed by atoms with E-state index in [2.05, 4.69) is 24.5 Å². The van der Waals surface area contributed by atoms with Gasteiger partial charge in [-0.15, -0.1) is 0 Å². The van der Waals surface area contributed by atoms with Crippen LogP contribution in [-0.4, -0.2) is 41.9 Å². The highest BCUT2D eigenvalue weighted by Crippen LogP contribution is 2.31. The van der Waals surface area contributed by atoms with Gasteiger partial charge in [-0.3, -0.25) is 4.79 Å². The van der Waals surface area contributed by atoms with Gasteiger partial charge in [0.05, 0.1) is 11.0 Å². The van der Waals surface area contributed by atoms with Crippen molar-refractivity contribution in [1.82, 2.24) is 10.6 Å². The van der Waals surface area contributed by atoms with Gasteiger partial charge in [-0.05, 0) is 39.5 Å². The van der Waals surface area contributed by atoms with Crippen LogP contribution in [0.4, 0.5) is 4.79 Å². The Labute approximate surface area is 126 Å². The van der Waals surface area contributed by atoms with E-state index in [0.29, 0.717) is 6.61 Å². The highest BCUT2D eigenvalue weighted by Gasteiger charge is 2.35. The Morgan fingerprint density at radius 2 is 1.95 bits per heavy atom. The number of carbonyl (C=O) groups is 2. The molecule has 6 heteroatoms. The van der Waals surface area contributed by atoms with Gasteiger partial charge in [0.1, 0.15) is 0 Å². The molecule has 1 aliphatic rings. The first kappa shape index (κ1) is 17.8. The number of nitrogens with one attached hydrogen (secondary N) is 2. The summed E-state index contributed by atoms with van der Waals surface area (Å²) in [5, 5.41) is 14.6. The second-order valence-electron chi connectivity index (χ2n) is 6.44. The van der Waals surface area contributed by atoms with E-state index in [1.165, 1.54) is 0 Å².